The van der Waals surface area contributed by atoms with Crippen LogP contribution in [0, 0.1) is 0 Å². The van der Waals surface area contributed by atoms with Gasteiger partial charge in [0.25, 0.3) is 5.91 Å². The number of amides is 2. The SMILES string of the molecule is CCC[C@@H](N)C(=O)NC(=O)c1ccc(Oc2ccccc2)cc1. The van der Waals surface area contributed by atoms with Crippen molar-refractivity contribution >= 4 is 11.8 Å². The molecule has 0 heterocycles. The first kappa shape index (κ1) is 16.7. The summed E-state index contributed by atoms with van der Waals surface area (Å²) in [6.45, 7) is 1.93. The van der Waals surface area contributed by atoms with Crippen LogP contribution in [0.2, 0.25) is 0 Å². The second-order valence-corrected chi connectivity index (χ2v) is 5.15. The lowest BCUT2D eigenvalue weighted by molar-refractivity contribution is -0.121. The van der Waals surface area contributed by atoms with Gasteiger partial charge in [-0.3, -0.25) is 14.9 Å². The molecule has 0 spiro atoms. The lowest BCUT2D eigenvalue weighted by Gasteiger charge is -2.10. The lowest BCUT2D eigenvalue weighted by atomic mass is 10.1. The minimum Gasteiger partial charge on any atom is -0.457 e. The highest BCUT2D eigenvalue weighted by atomic mass is 16.5. The fourth-order valence-corrected chi connectivity index (χ4v) is 2.02. The third kappa shape index (κ3) is 4.93. The number of benzene rings is 2. The Balaban J connectivity index is 1.96. The summed E-state index contributed by atoms with van der Waals surface area (Å²) >= 11 is 0. The average molecular weight is 312 g/mol. The van der Waals surface area contributed by atoms with Crippen LogP contribution in [-0.4, -0.2) is 17.9 Å². The van der Waals surface area contributed by atoms with Crippen LogP contribution in [-0.2, 0) is 4.79 Å². The molecule has 2 amide bonds. The van der Waals surface area contributed by atoms with Crippen LogP contribution in [0.1, 0.15) is 30.1 Å². The Kier molecular flexibility index (Phi) is 5.88. The molecule has 5 heteroatoms. The first-order valence-corrected chi connectivity index (χ1v) is 7.54. The highest BCUT2D eigenvalue weighted by Gasteiger charge is 2.16. The van der Waals surface area contributed by atoms with Gasteiger partial charge in [-0.15, -0.1) is 0 Å². The van der Waals surface area contributed by atoms with E-state index in [1.54, 1.807) is 24.3 Å². The summed E-state index contributed by atoms with van der Waals surface area (Å²) in [7, 11) is 0. The molecule has 2 rings (SSSR count). The average Bonchev–Trinajstić information content (AvgIpc) is 2.56. The number of carbonyl (C=O) groups excluding carboxylic acids is 2. The summed E-state index contributed by atoms with van der Waals surface area (Å²) < 4.78 is 5.65. The molecule has 0 saturated heterocycles. The second kappa shape index (κ2) is 8.10. The van der Waals surface area contributed by atoms with Gasteiger partial charge in [0.15, 0.2) is 0 Å². The summed E-state index contributed by atoms with van der Waals surface area (Å²) in [5, 5.41) is 2.31. The molecule has 0 aromatic heterocycles. The van der Waals surface area contributed by atoms with E-state index in [0.717, 1.165) is 6.42 Å². The van der Waals surface area contributed by atoms with E-state index in [2.05, 4.69) is 5.32 Å². The normalized spacial score (nSPS) is 11.6. The number of para-hydroxylation sites is 1. The highest BCUT2D eigenvalue weighted by molar-refractivity contribution is 6.06. The zero-order valence-corrected chi connectivity index (χ0v) is 13.0. The molecule has 5 nitrogen and oxygen atoms in total. The highest BCUT2D eigenvalue weighted by Crippen LogP contribution is 2.21. The smallest absolute Gasteiger partial charge is 0.257 e. The fraction of sp³-hybridized carbons (Fsp3) is 0.222. The predicted molar refractivity (Wildman–Crippen MR) is 88.3 cm³/mol. The van der Waals surface area contributed by atoms with Crippen molar-refractivity contribution in [3.63, 3.8) is 0 Å². The molecule has 0 radical (unpaired) electrons. The van der Waals surface area contributed by atoms with Crippen molar-refractivity contribution in [2.75, 3.05) is 0 Å². The van der Waals surface area contributed by atoms with E-state index in [0.29, 0.717) is 23.5 Å². The standard InChI is InChI=1S/C18H20N2O3/c1-2-6-16(19)18(22)20-17(21)13-9-11-15(12-10-13)23-14-7-4-3-5-8-14/h3-5,7-12,16H,2,6,19H2,1H3,(H,20,21,22)/t16-/m1/s1. The van der Waals surface area contributed by atoms with Crippen molar-refractivity contribution in [2.24, 2.45) is 5.73 Å². The molecule has 0 bridgehead atoms. The van der Waals surface area contributed by atoms with Crippen LogP contribution in [0.3, 0.4) is 0 Å². The largest absolute Gasteiger partial charge is 0.457 e. The minimum absolute atomic E-state index is 0.377. The van der Waals surface area contributed by atoms with Crippen molar-refractivity contribution in [2.45, 2.75) is 25.8 Å². The number of imide groups is 1. The van der Waals surface area contributed by atoms with E-state index in [9.17, 15) is 9.59 Å². The molecule has 1 atom stereocenters. The zero-order valence-electron chi connectivity index (χ0n) is 13.0. The second-order valence-electron chi connectivity index (χ2n) is 5.15. The first-order chi connectivity index (χ1) is 11.1. The summed E-state index contributed by atoms with van der Waals surface area (Å²) in [4.78, 5) is 23.7. The molecule has 2 aromatic rings. The Hall–Kier alpha value is -2.66. The number of nitrogens with two attached hydrogens (primary N) is 1. The van der Waals surface area contributed by atoms with E-state index in [1.807, 2.05) is 37.3 Å². The van der Waals surface area contributed by atoms with Gasteiger partial charge in [0.05, 0.1) is 6.04 Å². The van der Waals surface area contributed by atoms with Gasteiger partial charge in [0.2, 0.25) is 5.91 Å². The van der Waals surface area contributed by atoms with Crippen molar-refractivity contribution in [3.05, 3.63) is 60.2 Å². The molecular formula is C18H20N2O3. The van der Waals surface area contributed by atoms with Crippen molar-refractivity contribution in [3.8, 4) is 11.5 Å². The molecule has 0 unspecified atom stereocenters. The minimum atomic E-state index is -0.662. The summed E-state index contributed by atoms with van der Waals surface area (Å²) in [5.74, 6) is 0.404. The number of rotatable bonds is 6. The van der Waals surface area contributed by atoms with Crippen molar-refractivity contribution in [1.82, 2.24) is 5.32 Å². The molecule has 2 aromatic carbocycles. The molecular weight excluding hydrogens is 292 g/mol. The van der Waals surface area contributed by atoms with Gasteiger partial charge in [-0.1, -0.05) is 31.5 Å². The Bertz CT molecular complexity index is 654. The quantitative estimate of drug-likeness (QED) is 0.859. The van der Waals surface area contributed by atoms with Crippen LogP contribution >= 0.6 is 0 Å². The van der Waals surface area contributed by atoms with Crippen LogP contribution in [0.4, 0.5) is 0 Å². The Morgan fingerprint density at radius 1 is 1.04 bits per heavy atom. The number of hydrogen-bond acceptors (Lipinski definition) is 4. The number of carbonyl (C=O) groups is 2. The van der Waals surface area contributed by atoms with E-state index >= 15 is 0 Å². The molecule has 23 heavy (non-hydrogen) atoms. The maximum Gasteiger partial charge on any atom is 0.257 e. The Labute approximate surface area is 135 Å². The van der Waals surface area contributed by atoms with Crippen molar-refractivity contribution < 1.29 is 14.3 Å². The van der Waals surface area contributed by atoms with Crippen LogP contribution in [0.25, 0.3) is 0 Å². The van der Waals surface area contributed by atoms with Gasteiger partial charge in [-0.25, -0.2) is 0 Å². The molecule has 120 valence electrons. The van der Waals surface area contributed by atoms with Gasteiger partial charge in [0, 0.05) is 5.56 Å². The maximum atomic E-state index is 12.0. The zero-order chi connectivity index (χ0) is 16.7. The van der Waals surface area contributed by atoms with E-state index in [-0.39, 0.29) is 0 Å². The van der Waals surface area contributed by atoms with Gasteiger partial charge in [-0.2, -0.15) is 0 Å². The summed E-state index contributed by atoms with van der Waals surface area (Å²) in [5.41, 5.74) is 6.06. The predicted octanol–water partition coefficient (Wildman–Crippen LogP) is 2.86. The molecule has 3 N–H and O–H groups in total. The monoisotopic (exact) mass is 312 g/mol. The molecule has 0 aliphatic rings. The van der Waals surface area contributed by atoms with Crippen molar-refractivity contribution in [1.29, 1.82) is 0 Å². The van der Waals surface area contributed by atoms with Gasteiger partial charge >= 0.3 is 0 Å². The van der Waals surface area contributed by atoms with Crippen LogP contribution in [0.15, 0.2) is 54.6 Å². The Morgan fingerprint density at radius 2 is 1.65 bits per heavy atom. The van der Waals surface area contributed by atoms with E-state index in [1.165, 1.54) is 0 Å². The number of ether oxygens (including phenoxy) is 1. The maximum absolute atomic E-state index is 12.0. The fourth-order valence-electron chi connectivity index (χ4n) is 2.02. The van der Waals surface area contributed by atoms with Gasteiger partial charge in [-0.05, 0) is 42.8 Å². The third-order valence-corrected chi connectivity index (χ3v) is 3.27. The van der Waals surface area contributed by atoms with E-state index < -0.39 is 17.9 Å². The van der Waals surface area contributed by atoms with Crippen LogP contribution in [0.5, 0.6) is 11.5 Å². The number of hydrogen-bond donors (Lipinski definition) is 2. The molecule has 0 aliphatic carbocycles. The molecule has 0 aliphatic heterocycles. The molecule has 0 fully saturated rings. The third-order valence-electron chi connectivity index (χ3n) is 3.27. The summed E-state index contributed by atoms with van der Waals surface area (Å²) in [6, 6.07) is 15.2. The molecule has 0 saturated carbocycles. The lowest BCUT2D eigenvalue weighted by Crippen LogP contribution is -2.43. The van der Waals surface area contributed by atoms with Crippen LogP contribution < -0.4 is 15.8 Å². The Morgan fingerprint density at radius 3 is 2.26 bits per heavy atom. The van der Waals surface area contributed by atoms with E-state index in [4.69, 9.17) is 10.5 Å². The van der Waals surface area contributed by atoms with Gasteiger partial charge in [0.1, 0.15) is 11.5 Å². The first-order valence-electron chi connectivity index (χ1n) is 7.54. The summed E-state index contributed by atoms with van der Waals surface area (Å²) in [6.07, 6.45) is 1.33. The van der Waals surface area contributed by atoms with Gasteiger partial charge < -0.3 is 10.5 Å². The number of nitrogens with one attached hydrogen (secondary N) is 1. The topological polar surface area (TPSA) is 81.4 Å².